The molecule has 1 spiro atoms. The van der Waals surface area contributed by atoms with Crippen LogP contribution in [0.5, 0.6) is 0 Å². The van der Waals surface area contributed by atoms with Gasteiger partial charge in [0.05, 0.1) is 0 Å². The van der Waals surface area contributed by atoms with E-state index in [2.05, 4.69) is 22.0 Å². The molecule has 1 aromatic rings. The molecule has 5 aliphatic rings. The van der Waals surface area contributed by atoms with Crippen molar-refractivity contribution in [2.24, 2.45) is 29.1 Å². The average Bonchev–Trinajstić information content (AvgIpc) is 3.12. The van der Waals surface area contributed by atoms with E-state index >= 15 is 0 Å². The van der Waals surface area contributed by atoms with E-state index in [4.69, 9.17) is 0 Å². The largest absolute Gasteiger partial charge is 0.352 e. The lowest BCUT2D eigenvalue weighted by Gasteiger charge is -2.24. The van der Waals surface area contributed by atoms with Crippen LogP contribution in [0.1, 0.15) is 86.0 Å². The van der Waals surface area contributed by atoms with Gasteiger partial charge in [-0.1, -0.05) is 37.8 Å². The topological polar surface area (TPSA) is 71.4 Å². The maximum Gasteiger partial charge on any atom is 0.257 e. The Balaban J connectivity index is 1.21. The van der Waals surface area contributed by atoms with Crippen LogP contribution in [0, 0.1) is 36.0 Å². The predicted molar refractivity (Wildman–Crippen MR) is 140 cm³/mol. The number of carbonyl (C=O) groups excluding carboxylic acids is 2. The third-order valence-electron chi connectivity index (χ3n) is 10.2. The summed E-state index contributed by atoms with van der Waals surface area (Å²) in [6, 6.07) is 1.65. The Morgan fingerprint density at radius 1 is 1.11 bits per heavy atom. The normalized spacial score (nSPS) is 28.1. The van der Waals surface area contributed by atoms with Crippen LogP contribution in [0.15, 0.2) is 23.0 Å². The summed E-state index contributed by atoms with van der Waals surface area (Å²) < 4.78 is 2.22. The molecule has 0 aromatic carbocycles. The van der Waals surface area contributed by atoms with Crippen molar-refractivity contribution in [1.82, 2.24) is 14.8 Å². The van der Waals surface area contributed by atoms with Gasteiger partial charge in [-0.25, -0.2) is 0 Å². The first-order valence-electron chi connectivity index (χ1n) is 14.4. The summed E-state index contributed by atoms with van der Waals surface area (Å²) in [5.74, 6) is 2.39. The van der Waals surface area contributed by atoms with Gasteiger partial charge in [0.15, 0.2) is 5.43 Å². The maximum atomic E-state index is 13.6. The Morgan fingerprint density at radius 2 is 1.92 bits per heavy atom. The number of carbonyl (C=O) groups is 2. The minimum Gasteiger partial charge on any atom is -0.352 e. The molecule has 194 valence electrons. The fraction of sp³-hybridized carbons (Fsp3) is 0.700. The molecule has 6 nitrogen and oxygen atoms in total. The molecule has 2 bridgehead atoms. The number of aryl methyl sites for hydroxylation is 1. The van der Waals surface area contributed by atoms with Crippen LogP contribution in [-0.2, 0) is 17.8 Å². The Labute approximate surface area is 214 Å². The molecule has 3 atom stereocenters. The van der Waals surface area contributed by atoms with Gasteiger partial charge in [0.2, 0.25) is 5.91 Å². The van der Waals surface area contributed by atoms with Crippen molar-refractivity contribution >= 4 is 11.8 Å². The van der Waals surface area contributed by atoms with Gasteiger partial charge in [-0.2, -0.15) is 0 Å². The molecule has 0 unspecified atom stereocenters. The summed E-state index contributed by atoms with van der Waals surface area (Å²) in [7, 11) is 0. The van der Waals surface area contributed by atoms with Crippen molar-refractivity contribution in [2.75, 3.05) is 19.6 Å². The van der Waals surface area contributed by atoms with Gasteiger partial charge in [-0.05, 0) is 74.5 Å². The van der Waals surface area contributed by atoms with Crippen LogP contribution < -0.4 is 10.7 Å². The zero-order chi connectivity index (χ0) is 24.9. The minimum atomic E-state index is -0.187. The number of hydrogen-bond donors (Lipinski definition) is 1. The third kappa shape index (κ3) is 4.24. The van der Waals surface area contributed by atoms with Gasteiger partial charge in [0, 0.05) is 50.1 Å². The molecule has 1 saturated heterocycles. The van der Waals surface area contributed by atoms with E-state index in [1.54, 1.807) is 6.07 Å². The Hall–Kier alpha value is -2.37. The number of nitrogens with zero attached hydrogens (tertiary/aromatic N) is 2. The molecule has 4 fully saturated rings. The van der Waals surface area contributed by atoms with E-state index in [0.717, 1.165) is 50.3 Å². The van der Waals surface area contributed by atoms with E-state index in [0.29, 0.717) is 47.6 Å². The van der Waals surface area contributed by atoms with E-state index in [1.807, 2.05) is 11.8 Å². The molecule has 1 N–H and O–H groups in total. The fourth-order valence-corrected chi connectivity index (χ4v) is 8.11. The number of allylic oxidation sites excluding steroid dienone is 2. The quantitative estimate of drug-likeness (QED) is 0.526. The van der Waals surface area contributed by atoms with Gasteiger partial charge in [-0.3, -0.25) is 14.4 Å². The summed E-state index contributed by atoms with van der Waals surface area (Å²) in [4.78, 5) is 40.9. The van der Waals surface area contributed by atoms with Crippen molar-refractivity contribution in [3.63, 3.8) is 0 Å². The second-order valence-corrected chi connectivity index (χ2v) is 12.3. The summed E-state index contributed by atoms with van der Waals surface area (Å²) in [5.41, 5.74) is 2.57. The molecule has 6 heteroatoms. The maximum absolute atomic E-state index is 13.6. The molecule has 4 aliphatic carbocycles. The van der Waals surface area contributed by atoms with Crippen LogP contribution in [0.25, 0.3) is 0 Å². The highest BCUT2D eigenvalue weighted by atomic mass is 16.2. The zero-order valence-corrected chi connectivity index (χ0v) is 21.8. The SMILES string of the molecule is Cc1cc(=O)c(C(=O)NC[C@@H]2C[C@H]3C=C[C@@H]2C32CC2)c(CC2CCCC2)n1CCCN1CCCC1=O. The number of nitrogens with one attached hydrogen (secondary N) is 1. The third-order valence-corrected chi connectivity index (χ3v) is 10.2. The van der Waals surface area contributed by atoms with Gasteiger partial charge in [0.1, 0.15) is 5.56 Å². The highest BCUT2D eigenvalue weighted by Gasteiger charge is 2.62. The van der Waals surface area contributed by atoms with E-state index in [-0.39, 0.29) is 17.2 Å². The van der Waals surface area contributed by atoms with Crippen molar-refractivity contribution in [1.29, 1.82) is 0 Å². The van der Waals surface area contributed by atoms with E-state index < -0.39 is 0 Å². The highest BCUT2D eigenvalue weighted by molar-refractivity contribution is 5.95. The number of hydrogen-bond acceptors (Lipinski definition) is 3. The monoisotopic (exact) mass is 491 g/mol. The first-order valence-corrected chi connectivity index (χ1v) is 14.4. The van der Waals surface area contributed by atoms with Crippen LogP contribution in [0.4, 0.5) is 0 Å². The number of likely N-dealkylation sites (tertiary alicyclic amines) is 1. The molecule has 0 radical (unpaired) electrons. The molecule has 1 aliphatic heterocycles. The van der Waals surface area contributed by atoms with Crippen LogP contribution in [-0.4, -0.2) is 40.9 Å². The highest BCUT2D eigenvalue weighted by Crippen LogP contribution is 2.69. The first-order chi connectivity index (χ1) is 17.5. The summed E-state index contributed by atoms with van der Waals surface area (Å²) >= 11 is 0. The number of amides is 2. The standard InChI is InChI=1S/C30H41N3O3/c1-20-16-26(34)28(29(36)31-19-22-18-23-9-10-24(22)30(23)11-12-30)25(17-21-6-2-3-7-21)33(20)15-5-14-32-13-4-8-27(32)35/h9-10,16,21-24H,2-8,11-15,17-19H2,1H3,(H,31,36)/t22-,23+,24-/m0/s1. The molecule has 2 amide bonds. The number of rotatable bonds is 9. The second kappa shape index (κ2) is 9.50. The molecule has 3 saturated carbocycles. The van der Waals surface area contributed by atoms with Crippen molar-refractivity contribution in [3.05, 3.63) is 45.4 Å². The van der Waals surface area contributed by atoms with Gasteiger partial charge >= 0.3 is 0 Å². The second-order valence-electron chi connectivity index (χ2n) is 12.3. The van der Waals surface area contributed by atoms with Crippen LogP contribution in [0.3, 0.4) is 0 Å². The molecule has 2 heterocycles. The first kappa shape index (κ1) is 24.0. The molecule has 6 rings (SSSR count). The summed E-state index contributed by atoms with van der Waals surface area (Å²) in [6.45, 7) is 4.98. The lowest BCUT2D eigenvalue weighted by atomic mass is 9.89. The predicted octanol–water partition coefficient (Wildman–Crippen LogP) is 4.23. The molecule has 1 aromatic heterocycles. The van der Waals surface area contributed by atoms with Crippen molar-refractivity contribution in [3.8, 4) is 0 Å². The fourth-order valence-electron chi connectivity index (χ4n) is 8.11. The van der Waals surface area contributed by atoms with Crippen molar-refractivity contribution < 1.29 is 9.59 Å². The molecule has 36 heavy (non-hydrogen) atoms. The van der Waals surface area contributed by atoms with E-state index in [9.17, 15) is 14.4 Å². The van der Waals surface area contributed by atoms with Gasteiger partial charge in [0.25, 0.3) is 5.91 Å². The summed E-state index contributed by atoms with van der Waals surface area (Å²) in [5, 5.41) is 3.21. The van der Waals surface area contributed by atoms with E-state index in [1.165, 1.54) is 44.9 Å². The molecular weight excluding hydrogens is 450 g/mol. The minimum absolute atomic E-state index is 0.143. The lowest BCUT2D eigenvalue weighted by molar-refractivity contribution is -0.127. The van der Waals surface area contributed by atoms with Gasteiger partial charge < -0.3 is 14.8 Å². The lowest BCUT2D eigenvalue weighted by Crippen LogP contribution is -2.37. The van der Waals surface area contributed by atoms with Gasteiger partial charge in [-0.15, -0.1) is 0 Å². The summed E-state index contributed by atoms with van der Waals surface area (Å²) in [6.07, 6.45) is 16.7. The smallest absolute Gasteiger partial charge is 0.257 e. The van der Waals surface area contributed by atoms with Crippen LogP contribution in [0.2, 0.25) is 0 Å². The Morgan fingerprint density at radius 3 is 2.61 bits per heavy atom. The average molecular weight is 492 g/mol. The number of pyridine rings is 1. The molecular formula is C30H41N3O3. The Bertz CT molecular complexity index is 1120. The number of aromatic nitrogens is 1. The zero-order valence-electron chi connectivity index (χ0n) is 21.8. The van der Waals surface area contributed by atoms with Crippen LogP contribution >= 0.6 is 0 Å². The van der Waals surface area contributed by atoms with Crippen molar-refractivity contribution in [2.45, 2.75) is 84.1 Å². The Kier molecular flexibility index (Phi) is 6.33.